The van der Waals surface area contributed by atoms with Crippen LogP contribution in [0.5, 0.6) is 11.5 Å². The second-order valence-corrected chi connectivity index (χ2v) is 7.48. The first kappa shape index (κ1) is 23.5. The molecular weight excluding hydrogens is 374 g/mol. The van der Waals surface area contributed by atoms with Crippen molar-refractivity contribution in [1.82, 2.24) is 0 Å². The van der Waals surface area contributed by atoms with Crippen LogP contribution in [0.25, 0.3) is 0 Å². The second kappa shape index (κ2) is 12.7. The summed E-state index contributed by atoms with van der Waals surface area (Å²) in [7, 11) is 1.57. The van der Waals surface area contributed by atoms with Crippen LogP contribution >= 0.6 is 0 Å². The fraction of sp³-hybridized carbons (Fsp3) is 0.423. The van der Waals surface area contributed by atoms with Gasteiger partial charge in [-0.3, -0.25) is 0 Å². The summed E-state index contributed by atoms with van der Waals surface area (Å²) >= 11 is 0. The number of unbranched alkanes of at least 4 members (excludes halogenated alkanes) is 2. The van der Waals surface area contributed by atoms with Gasteiger partial charge in [0.05, 0.1) is 12.3 Å². The number of rotatable bonds is 12. The highest BCUT2D eigenvalue weighted by molar-refractivity contribution is 5.98. The van der Waals surface area contributed by atoms with E-state index in [0.29, 0.717) is 6.61 Å². The lowest BCUT2D eigenvalue weighted by molar-refractivity contribution is 0.213. The van der Waals surface area contributed by atoms with Crippen molar-refractivity contribution in [2.75, 3.05) is 20.3 Å². The fourth-order valence-corrected chi connectivity index (χ4v) is 3.35. The molecule has 0 amide bonds. The molecule has 0 spiro atoms. The Bertz CT molecular complexity index is 815. The summed E-state index contributed by atoms with van der Waals surface area (Å²) in [5.74, 6) is 1.88. The molecule has 0 N–H and O–H groups in total. The van der Waals surface area contributed by atoms with Crippen LogP contribution in [0.4, 0.5) is 0 Å². The first-order chi connectivity index (χ1) is 14.5. The Balaban J connectivity index is 1.72. The molecule has 162 valence electrons. The molecule has 4 heteroatoms. The smallest absolute Gasteiger partial charge is 0.125 e. The Morgan fingerprint density at radius 3 is 2.30 bits per heavy atom. The van der Waals surface area contributed by atoms with Crippen LogP contribution in [-0.4, -0.2) is 26.0 Å². The number of ether oxygens (including phenoxy) is 2. The maximum Gasteiger partial charge on any atom is 0.125 e. The monoisotopic (exact) mass is 409 g/mol. The Morgan fingerprint density at radius 1 is 0.967 bits per heavy atom. The maximum absolute atomic E-state index is 6.07. The van der Waals surface area contributed by atoms with Crippen LogP contribution in [0.3, 0.4) is 0 Å². The molecule has 2 aromatic carbocycles. The van der Waals surface area contributed by atoms with Crippen molar-refractivity contribution in [3.63, 3.8) is 0 Å². The summed E-state index contributed by atoms with van der Waals surface area (Å²) in [6, 6.07) is 12.7. The standard InChI is InChI=1S/C26H35NO3/c1-6-7-16-29-25-18-20(2)26(21(3)19-25)30-17-10-8-9-11-23-12-14-24(15-13-23)22(4)27-28-5/h6-7,12-15,18-19H,8-11,16-17H2,1-5H3/b7-6+,27-22+. The SMILES string of the molecule is C/C=C/COc1cc(C)c(OCCCCCc2ccc(/C(C)=N/OC)cc2)c(C)c1. The zero-order chi connectivity index (χ0) is 21.8. The number of nitrogens with zero attached hydrogens (tertiary/aromatic N) is 1. The molecule has 0 radical (unpaired) electrons. The molecule has 2 rings (SSSR count). The van der Waals surface area contributed by atoms with E-state index in [1.807, 2.05) is 26.0 Å². The lowest BCUT2D eigenvalue weighted by Crippen LogP contribution is -2.02. The molecule has 4 nitrogen and oxygen atoms in total. The van der Waals surface area contributed by atoms with E-state index in [1.165, 1.54) is 5.56 Å². The molecule has 0 bridgehead atoms. The largest absolute Gasteiger partial charge is 0.493 e. The molecule has 30 heavy (non-hydrogen) atoms. The molecule has 0 aliphatic rings. The van der Waals surface area contributed by atoms with Gasteiger partial charge in [0.2, 0.25) is 0 Å². The Labute approximate surface area is 181 Å². The normalized spacial score (nSPS) is 11.7. The molecule has 0 aliphatic carbocycles. The topological polar surface area (TPSA) is 40.0 Å². The van der Waals surface area contributed by atoms with Gasteiger partial charge >= 0.3 is 0 Å². The molecule has 0 aromatic heterocycles. The highest BCUT2D eigenvalue weighted by Crippen LogP contribution is 2.28. The number of hydrogen-bond acceptors (Lipinski definition) is 4. The highest BCUT2D eigenvalue weighted by Gasteiger charge is 2.07. The van der Waals surface area contributed by atoms with Crippen molar-refractivity contribution in [3.8, 4) is 11.5 Å². The molecule has 2 aromatic rings. The summed E-state index contributed by atoms with van der Waals surface area (Å²) in [5.41, 5.74) is 5.59. The lowest BCUT2D eigenvalue weighted by Gasteiger charge is -2.14. The third kappa shape index (κ3) is 7.58. The average molecular weight is 410 g/mol. The van der Waals surface area contributed by atoms with E-state index in [0.717, 1.165) is 66.2 Å². The first-order valence-electron chi connectivity index (χ1n) is 10.7. The van der Waals surface area contributed by atoms with Gasteiger partial charge in [0.25, 0.3) is 0 Å². The van der Waals surface area contributed by atoms with Crippen molar-refractivity contribution in [2.45, 2.75) is 53.4 Å². The summed E-state index contributed by atoms with van der Waals surface area (Å²) in [6.07, 6.45) is 8.43. The van der Waals surface area contributed by atoms with E-state index in [4.69, 9.17) is 14.3 Å². The average Bonchev–Trinajstić information content (AvgIpc) is 2.73. The first-order valence-corrected chi connectivity index (χ1v) is 10.7. The van der Waals surface area contributed by atoms with Crippen molar-refractivity contribution in [2.24, 2.45) is 5.16 Å². The Hall–Kier alpha value is -2.75. The molecule has 0 saturated heterocycles. The third-order valence-electron chi connectivity index (χ3n) is 4.97. The highest BCUT2D eigenvalue weighted by atomic mass is 16.6. The van der Waals surface area contributed by atoms with E-state index >= 15 is 0 Å². The van der Waals surface area contributed by atoms with Gasteiger partial charge in [0, 0.05) is 0 Å². The van der Waals surface area contributed by atoms with E-state index in [9.17, 15) is 0 Å². The summed E-state index contributed by atoms with van der Waals surface area (Å²) < 4.78 is 11.8. The predicted octanol–water partition coefficient (Wildman–Crippen LogP) is 6.42. The van der Waals surface area contributed by atoms with E-state index < -0.39 is 0 Å². The zero-order valence-electron chi connectivity index (χ0n) is 19.0. The van der Waals surface area contributed by atoms with Crippen LogP contribution in [0.15, 0.2) is 53.7 Å². The lowest BCUT2D eigenvalue weighted by atomic mass is 10.0. The second-order valence-electron chi connectivity index (χ2n) is 7.48. The van der Waals surface area contributed by atoms with E-state index in [1.54, 1.807) is 7.11 Å². The number of benzene rings is 2. The number of oxime groups is 1. The van der Waals surface area contributed by atoms with E-state index in [-0.39, 0.29) is 0 Å². The summed E-state index contributed by atoms with van der Waals surface area (Å²) in [4.78, 5) is 4.83. The molecule has 0 fully saturated rings. The Morgan fingerprint density at radius 2 is 1.67 bits per heavy atom. The van der Waals surface area contributed by atoms with Crippen LogP contribution in [-0.2, 0) is 11.3 Å². The Kier molecular flexibility index (Phi) is 9.99. The molecule has 0 atom stereocenters. The van der Waals surface area contributed by atoms with Gasteiger partial charge in [0.1, 0.15) is 25.2 Å². The fourth-order valence-electron chi connectivity index (χ4n) is 3.35. The minimum atomic E-state index is 0.596. The number of allylic oxidation sites excluding steroid dienone is 1. The van der Waals surface area contributed by atoms with Gasteiger partial charge in [-0.25, -0.2) is 0 Å². The number of hydrogen-bond donors (Lipinski definition) is 0. The van der Waals surface area contributed by atoms with Crippen molar-refractivity contribution >= 4 is 5.71 Å². The summed E-state index contributed by atoms with van der Waals surface area (Å²) in [5, 5.41) is 3.97. The maximum atomic E-state index is 6.07. The van der Waals surface area contributed by atoms with Crippen LogP contribution in [0.1, 0.15) is 55.4 Å². The molecule has 0 saturated carbocycles. The molecule has 0 unspecified atom stereocenters. The van der Waals surface area contributed by atoms with Crippen LogP contribution < -0.4 is 9.47 Å². The molecular formula is C26H35NO3. The van der Waals surface area contributed by atoms with Crippen molar-refractivity contribution < 1.29 is 14.3 Å². The van der Waals surface area contributed by atoms with Gasteiger partial charge < -0.3 is 14.3 Å². The van der Waals surface area contributed by atoms with Crippen molar-refractivity contribution in [3.05, 3.63) is 70.8 Å². The van der Waals surface area contributed by atoms with Gasteiger partial charge in [-0.05, 0) is 87.8 Å². The quantitative estimate of drug-likeness (QED) is 0.176. The van der Waals surface area contributed by atoms with Crippen molar-refractivity contribution in [1.29, 1.82) is 0 Å². The number of aryl methyl sites for hydroxylation is 3. The molecule has 0 heterocycles. The van der Waals surface area contributed by atoms with E-state index in [2.05, 4.69) is 55.4 Å². The van der Waals surface area contributed by atoms with Gasteiger partial charge in [-0.2, -0.15) is 0 Å². The zero-order valence-corrected chi connectivity index (χ0v) is 19.0. The minimum Gasteiger partial charge on any atom is -0.493 e. The van der Waals surface area contributed by atoms with Gasteiger partial charge in [-0.1, -0.05) is 41.6 Å². The van der Waals surface area contributed by atoms with Gasteiger partial charge in [0.15, 0.2) is 0 Å². The third-order valence-corrected chi connectivity index (χ3v) is 4.97. The predicted molar refractivity (Wildman–Crippen MR) is 125 cm³/mol. The summed E-state index contributed by atoms with van der Waals surface area (Å²) in [6.45, 7) is 9.44. The van der Waals surface area contributed by atoms with Gasteiger partial charge in [-0.15, -0.1) is 0 Å². The molecule has 0 aliphatic heterocycles. The van der Waals surface area contributed by atoms with Crippen LogP contribution in [0.2, 0.25) is 0 Å². The van der Waals surface area contributed by atoms with Crippen LogP contribution in [0, 0.1) is 13.8 Å². The minimum absolute atomic E-state index is 0.596.